The van der Waals surface area contributed by atoms with E-state index < -0.39 is 11.7 Å². The molecule has 0 aromatic heterocycles. The average molecular weight is 302 g/mol. The van der Waals surface area contributed by atoms with Gasteiger partial charge < -0.3 is 10.1 Å². The zero-order valence-corrected chi connectivity index (χ0v) is 12.0. The SMILES string of the molecule is FC(F)(F)c1ccccc1CNCCCN1CCOCC1. The van der Waals surface area contributed by atoms with E-state index in [4.69, 9.17) is 4.74 Å². The first-order valence-corrected chi connectivity index (χ1v) is 7.23. The number of morpholine rings is 1. The molecule has 2 rings (SSSR count). The molecule has 0 atom stereocenters. The summed E-state index contributed by atoms with van der Waals surface area (Å²) >= 11 is 0. The average Bonchev–Trinajstić information content (AvgIpc) is 2.47. The van der Waals surface area contributed by atoms with Crippen molar-refractivity contribution in [1.29, 1.82) is 0 Å². The molecule has 1 N–H and O–H groups in total. The van der Waals surface area contributed by atoms with Gasteiger partial charge in [-0.3, -0.25) is 4.90 Å². The highest BCUT2D eigenvalue weighted by Gasteiger charge is 2.32. The van der Waals surface area contributed by atoms with Crippen LogP contribution >= 0.6 is 0 Å². The van der Waals surface area contributed by atoms with Crippen LogP contribution in [-0.4, -0.2) is 44.3 Å². The summed E-state index contributed by atoms with van der Waals surface area (Å²) in [5.41, 5.74) is -0.248. The molecular weight excluding hydrogens is 281 g/mol. The Hall–Kier alpha value is -1.11. The van der Waals surface area contributed by atoms with Crippen molar-refractivity contribution in [3.63, 3.8) is 0 Å². The third-order valence-corrected chi connectivity index (χ3v) is 3.57. The van der Waals surface area contributed by atoms with E-state index >= 15 is 0 Å². The van der Waals surface area contributed by atoms with Crippen molar-refractivity contribution >= 4 is 0 Å². The van der Waals surface area contributed by atoms with Gasteiger partial charge in [0.2, 0.25) is 0 Å². The van der Waals surface area contributed by atoms with Crippen LogP contribution in [0.1, 0.15) is 17.5 Å². The summed E-state index contributed by atoms with van der Waals surface area (Å²) in [5.74, 6) is 0. The van der Waals surface area contributed by atoms with Crippen LogP contribution in [0.25, 0.3) is 0 Å². The van der Waals surface area contributed by atoms with Crippen molar-refractivity contribution in [3.8, 4) is 0 Å². The first-order chi connectivity index (χ1) is 10.1. The van der Waals surface area contributed by atoms with Crippen LogP contribution in [-0.2, 0) is 17.5 Å². The van der Waals surface area contributed by atoms with Crippen molar-refractivity contribution in [2.75, 3.05) is 39.4 Å². The van der Waals surface area contributed by atoms with Crippen LogP contribution in [0.3, 0.4) is 0 Å². The molecule has 1 saturated heterocycles. The molecule has 0 saturated carbocycles. The van der Waals surface area contributed by atoms with Gasteiger partial charge in [-0.1, -0.05) is 18.2 Å². The van der Waals surface area contributed by atoms with Crippen molar-refractivity contribution in [2.24, 2.45) is 0 Å². The second-order valence-electron chi connectivity index (χ2n) is 5.14. The van der Waals surface area contributed by atoms with E-state index in [1.807, 2.05) is 0 Å². The summed E-state index contributed by atoms with van der Waals surface area (Å²) in [5, 5.41) is 3.10. The highest BCUT2D eigenvalue weighted by Crippen LogP contribution is 2.31. The summed E-state index contributed by atoms with van der Waals surface area (Å²) in [6.45, 7) is 5.34. The summed E-state index contributed by atoms with van der Waals surface area (Å²) in [6.07, 6.45) is -3.36. The maximum absolute atomic E-state index is 12.8. The van der Waals surface area contributed by atoms with Gasteiger partial charge >= 0.3 is 6.18 Å². The minimum atomic E-state index is -4.29. The van der Waals surface area contributed by atoms with E-state index in [-0.39, 0.29) is 6.54 Å². The largest absolute Gasteiger partial charge is 0.416 e. The molecule has 6 heteroatoms. The number of benzene rings is 1. The number of alkyl halides is 3. The van der Waals surface area contributed by atoms with Gasteiger partial charge in [-0.05, 0) is 31.1 Å². The van der Waals surface area contributed by atoms with Gasteiger partial charge in [-0.2, -0.15) is 13.2 Å². The number of hydrogen-bond acceptors (Lipinski definition) is 3. The molecule has 1 aliphatic rings. The van der Waals surface area contributed by atoms with Crippen LogP contribution in [0.15, 0.2) is 24.3 Å². The quantitative estimate of drug-likeness (QED) is 0.817. The van der Waals surface area contributed by atoms with Crippen LogP contribution in [0.5, 0.6) is 0 Å². The van der Waals surface area contributed by atoms with Gasteiger partial charge in [-0.15, -0.1) is 0 Å². The Morgan fingerprint density at radius 3 is 2.57 bits per heavy atom. The summed E-state index contributed by atoms with van der Waals surface area (Å²) in [6, 6.07) is 5.72. The fourth-order valence-electron chi connectivity index (χ4n) is 2.43. The second-order valence-corrected chi connectivity index (χ2v) is 5.14. The van der Waals surface area contributed by atoms with Crippen LogP contribution in [0.2, 0.25) is 0 Å². The zero-order valence-electron chi connectivity index (χ0n) is 12.0. The predicted molar refractivity (Wildman–Crippen MR) is 75.0 cm³/mol. The van der Waals surface area contributed by atoms with Gasteiger partial charge in [0.15, 0.2) is 0 Å². The number of ether oxygens (including phenoxy) is 1. The molecule has 21 heavy (non-hydrogen) atoms. The topological polar surface area (TPSA) is 24.5 Å². The molecular formula is C15H21F3N2O. The van der Waals surface area contributed by atoms with Gasteiger partial charge in [0.1, 0.15) is 0 Å². The van der Waals surface area contributed by atoms with Crippen molar-refractivity contribution in [2.45, 2.75) is 19.1 Å². The Bertz CT molecular complexity index is 431. The van der Waals surface area contributed by atoms with E-state index in [2.05, 4.69) is 10.2 Å². The number of rotatable bonds is 6. The Morgan fingerprint density at radius 2 is 1.86 bits per heavy atom. The van der Waals surface area contributed by atoms with Gasteiger partial charge in [0.25, 0.3) is 0 Å². The van der Waals surface area contributed by atoms with Gasteiger partial charge in [-0.25, -0.2) is 0 Å². The molecule has 1 aliphatic heterocycles. The summed E-state index contributed by atoms with van der Waals surface area (Å²) in [7, 11) is 0. The lowest BCUT2D eigenvalue weighted by Crippen LogP contribution is -2.37. The molecule has 0 radical (unpaired) electrons. The standard InChI is InChI=1S/C15H21F3N2O/c16-15(17,18)14-5-2-1-4-13(14)12-19-6-3-7-20-8-10-21-11-9-20/h1-2,4-5,19H,3,6-12H2. The summed E-state index contributed by atoms with van der Waals surface area (Å²) in [4.78, 5) is 2.31. The number of hydrogen-bond donors (Lipinski definition) is 1. The third kappa shape index (κ3) is 5.30. The normalized spacial score (nSPS) is 17.1. The molecule has 0 amide bonds. The Kier molecular flexibility index (Phi) is 6.02. The highest BCUT2D eigenvalue weighted by atomic mass is 19.4. The highest BCUT2D eigenvalue weighted by molar-refractivity contribution is 5.29. The predicted octanol–water partition coefficient (Wildman–Crippen LogP) is 2.52. The van der Waals surface area contributed by atoms with Crippen molar-refractivity contribution in [1.82, 2.24) is 10.2 Å². The first kappa shape index (κ1) is 16.3. The van der Waals surface area contributed by atoms with Gasteiger partial charge in [0, 0.05) is 19.6 Å². The van der Waals surface area contributed by atoms with Gasteiger partial charge in [0.05, 0.1) is 18.8 Å². The van der Waals surface area contributed by atoms with Crippen molar-refractivity contribution in [3.05, 3.63) is 35.4 Å². The van der Waals surface area contributed by atoms with Crippen LogP contribution in [0, 0.1) is 0 Å². The van der Waals surface area contributed by atoms with Crippen LogP contribution in [0.4, 0.5) is 13.2 Å². The second kappa shape index (κ2) is 7.77. The minimum absolute atomic E-state index is 0.249. The molecule has 3 nitrogen and oxygen atoms in total. The lowest BCUT2D eigenvalue weighted by atomic mass is 10.1. The van der Waals surface area contributed by atoms with Crippen molar-refractivity contribution < 1.29 is 17.9 Å². The number of nitrogens with one attached hydrogen (secondary N) is 1. The monoisotopic (exact) mass is 302 g/mol. The lowest BCUT2D eigenvalue weighted by molar-refractivity contribution is -0.138. The molecule has 1 fully saturated rings. The third-order valence-electron chi connectivity index (χ3n) is 3.57. The van der Waals surface area contributed by atoms with E-state index in [0.717, 1.165) is 45.3 Å². The summed E-state index contributed by atoms with van der Waals surface area (Å²) < 4.78 is 43.7. The Labute approximate surface area is 123 Å². The maximum Gasteiger partial charge on any atom is 0.416 e. The molecule has 0 bridgehead atoms. The maximum atomic E-state index is 12.8. The van der Waals surface area contributed by atoms with E-state index in [9.17, 15) is 13.2 Å². The number of nitrogens with zero attached hydrogens (tertiary/aromatic N) is 1. The van der Waals surface area contributed by atoms with E-state index in [1.54, 1.807) is 6.07 Å². The van der Waals surface area contributed by atoms with Crippen LogP contribution < -0.4 is 5.32 Å². The molecule has 1 aromatic rings. The molecule has 0 unspecified atom stereocenters. The smallest absolute Gasteiger partial charge is 0.379 e. The van der Waals surface area contributed by atoms with E-state index in [1.165, 1.54) is 12.1 Å². The molecule has 1 aromatic carbocycles. The first-order valence-electron chi connectivity index (χ1n) is 7.23. The number of halogens is 3. The Balaban J connectivity index is 1.71. The molecule has 118 valence electrons. The Morgan fingerprint density at radius 1 is 1.14 bits per heavy atom. The molecule has 0 aliphatic carbocycles. The molecule has 0 spiro atoms. The fraction of sp³-hybridized carbons (Fsp3) is 0.600. The fourth-order valence-corrected chi connectivity index (χ4v) is 2.43. The minimum Gasteiger partial charge on any atom is -0.379 e. The lowest BCUT2D eigenvalue weighted by Gasteiger charge is -2.26. The van der Waals surface area contributed by atoms with E-state index in [0.29, 0.717) is 12.1 Å². The zero-order chi connectivity index (χ0) is 15.1. The molecule has 1 heterocycles.